The van der Waals surface area contributed by atoms with Crippen LogP contribution < -0.4 is 4.72 Å². The molecule has 25 heavy (non-hydrogen) atoms. The number of halogens is 2. The molecule has 0 bridgehead atoms. The number of hydrogen-bond acceptors (Lipinski definition) is 4. The molecule has 1 N–H and O–H groups in total. The van der Waals surface area contributed by atoms with Crippen molar-refractivity contribution in [3.05, 3.63) is 70.1 Å². The molecule has 0 saturated carbocycles. The smallest absolute Gasteiger partial charge is 0.236 e. The van der Waals surface area contributed by atoms with Crippen LogP contribution in [0.3, 0.4) is 0 Å². The minimum Gasteiger partial charge on any atom is -0.283 e. The lowest BCUT2D eigenvalue weighted by Crippen LogP contribution is -2.15. The van der Waals surface area contributed by atoms with Crippen LogP contribution in [0.4, 0.5) is 14.5 Å². The van der Waals surface area contributed by atoms with E-state index in [2.05, 4.69) is 9.71 Å². The molecule has 0 fully saturated rings. The van der Waals surface area contributed by atoms with Gasteiger partial charge in [0, 0.05) is 22.7 Å². The van der Waals surface area contributed by atoms with Crippen molar-refractivity contribution in [1.82, 2.24) is 4.98 Å². The quantitative estimate of drug-likeness (QED) is 0.716. The first kappa shape index (κ1) is 17.5. The number of aromatic nitrogens is 1. The molecule has 0 spiro atoms. The molecular weight excluding hydrogens is 366 g/mol. The van der Waals surface area contributed by atoms with E-state index in [1.54, 1.807) is 24.3 Å². The maximum atomic E-state index is 13.2. The molecule has 0 amide bonds. The van der Waals surface area contributed by atoms with Gasteiger partial charge in [-0.05, 0) is 36.8 Å². The van der Waals surface area contributed by atoms with Crippen LogP contribution >= 0.6 is 11.3 Å². The fraction of sp³-hybridized carbons (Fsp3) is 0.118. The Morgan fingerprint density at radius 3 is 2.28 bits per heavy atom. The van der Waals surface area contributed by atoms with Crippen molar-refractivity contribution in [2.75, 3.05) is 4.72 Å². The summed E-state index contributed by atoms with van der Waals surface area (Å²) in [6.07, 6.45) is 0. The van der Waals surface area contributed by atoms with E-state index in [1.165, 1.54) is 11.3 Å². The molecule has 0 radical (unpaired) electrons. The Morgan fingerprint density at radius 2 is 1.72 bits per heavy atom. The first-order valence-corrected chi connectivity index (χ1v) is 9.82. The maximum Gasteiger partial charge on any atom is 0.236 e. The van der Waals surface area contributed by atoms with Gasteiger partial charge in [-0.3, -0.25) is 4.72 Å². The van der Waals surface area contributed by atoms with E-state index in [1.807, 2.05) is 12.3 Å². The Morgan fingerprint density at radius 1 is 1.08 bits per heavy atom. The summed E-state index contributed by atoms with van der Waals surface area (Å²) in [6.45, 7) is 1.91. The van der Waals surface area contributed by atoms with Crippen LogP contribution in [-0.4, -0.2) is 13.4 Å². The summed E-state index contributed by atoms with van der Waals surface area (Å²) in [7, 11) is -3.79. The van der Waals surface area contributed by atoms with Gasteiger partial charge in [-0.2, -0.15) is 0 Å². The van der Waals surface area contributed by atoms with Crippen molar-refractivity contribution in [3.63, 3.8) is 0 Å². The van der Waals surface area contributed by atoms with Gasteiger partial charge in [0.2, 0.25) is 10.0 Å². The minimum absolute atomic E-state index is 0.0413. The van der Waals surface area contributed by atoms with E-state index in [0.717, 1.165) is 28.4 Å². The summed E-state index contributed by atoms with van der Waals surface area (Å²) in [4.78, 5) is 4.37. The maximum absolute atomic E-state index is 13.2. The van der Waals surface area contributed by atoms with E-state index >= 15 is 0 Å². The Labute approximate surface area is 148 Å². The van der Waals surface area contributed by atoms with E-state index in [4.69, 9.17) is 0 Å². The number of rotatable bonds is 5. The molecule has 0 aliphatic rings. The molecule has 0 atom stereocenters. The molecule has 130 valence electrons. The lowest BCUT2D eigenvalue weighted by Gasteiger charge is -2.09. The molecule has 0 aliphatic carbocycles. The van der Waals surface area contributed by atoms with E-state index in [0.29, 0.717) is 11.8 Å². The van der Waals surface area contributed by atoms with Crippen molar-refractivity contribution in [1.29, 1.82) is 0 Å². The van der Waals surface area contributed by atoms with E-state index in [-0.39, 0.29) is 5.56 Å². The molecule has 3 rings (SSSR count). The van der Waals surface area contributed by atoms with Crippen LogP contribution in [0.25, 0.3) is 11.3 Å². The highest BCUT2D eigenvalue weighted by atomic mass is 32.2. The zero-order chi connectivity index (χ0) is 18.0. The van der Waals surface area contributed by atoms with E-state index < -0.39 is 27.4 Å². The third-order valence-corrected chi connectivity index (χ3v) is 5.39. The highest BCUT2D eigenvalue weighted by molar-refractivity contribution is 7.91. The van der Waals surface area contributed by atoms with Gasteiger partial charge in [-0.25, -0.2) is 22.2 Å². The Hall–Kier alpha value is -2.32. The van der Waals surface area contributed by atoms with Gasteiger partial charge in [0.25, 0.3) is 0 Å². The summed E-state index contributed by atoms with van der Waals surface area (Å²) in [5, 5.41) is 2.87. The van der Waals surface area contributed by atoms with Gasteiger partial charge in [0.05, 0.1) is 16.5 Å². The zero-order valence-corrected chi connectivity index (χ0v) is 14.8. The molecule has 3 aromatic rings. The van der Waals surface area contributed by atoms with Crippen molar-refractivity contribution in [2.45, 2.75) is 12.7 Å². The Bertz CT molecular complexity index is 979. The van der Waals surface area contributed by atoms with Crippen molar-refractivity contribution in [2.24, 2.45) is 0 Å². The fourth-order valence-electron chi connectivity index (χ4n) is 2.33. The predicted molar refractivity (Wildman–Crippen MR) is 94.9 cm³/mol. The van der Waals surface area contributed by atoms with Crippen LogP contribution in [0.2, 0.25) is 0 Å². The summed E-state index contributed by atoms with van der Waals surface area (Å²) < 4.78 is 53.1. The minimum atomic E-state index is -3.79. The Balaban J connectivity index is 1.74. The fourth-order valence-corrected chi connectivity index (χ4v) is 4.13. The van der Waals surface area contributed by atoms with Gasteiger partial charge < -0.3 is 0 Å². The van der Waals surface area contributed by atoms with Gasteiger partial charge in [0.1, 0.15) is 11.6 Å². The number of anilines is 1. The molecule has 8 heteroatoms. The predicted octanol–water partition coefficient (Wildman–Crippen LogP) is 4.34. The first-order valence-electron chi connectivity index (χ1n) is 7.29. The first-order chi connectivity index (χ1) is 11.8. The highest BCUT2D eigenvalue weighted by Gasteiger charge is 2.14. The SMILES string of the molecule is Cc1nc(-c2ccc(NS(=O)(=O)Cc3cc(F)cc(F)c3)cc2)cs1. The number of nitrogens with one attached hydrogen (secondary N) is 1. The zero-order valence-electron chi connectivity index (χ0n) is 13.2. The van der Waals surface area contributed by atoms with Gasteiger partial charge in [-0.15, -0.1) is 11.3 Å². The molecule has 2 aromatic carbocycles. The third-order valence-electron chi connectivity index (χ3n) is 3.35. The summed E-state index contributed by atoms with van der Waals surface area (Å²) in [5.41, 5.74) is 2.11. The number of benzene rings is 2. The molecule has 1 heterocycles. The molecule has 1 aromatic heterocycles. The Kier molecular flexibility index (Phi) is 4.82. The average Bonchev–Trinajstić information content (AvgIpc) is 2.92. The van der Waals surface area contributed by atoms with Gasteiger partial charge >= 0.3 is 0 Å². The van der Waals surface area contributed by atoms with Gasteiger partial charge in [0.15, 0.2) is 0 Å². The molecule has 0 aliphatic heterocycles. The monoisotopic (exact) mass is 380 g/mol. The second-order valence-electron chi connectivity index (χ2n) is 5.47. The second-order valence-corrected chi connectivity index (χ2v) is 8.25. The number of hydrogen-bond donors (Lipinski definition) is 1. The lowest BCUT2D eigenvalue weighted by molar-refractivity contribution is 0.579. The van der Waals surface area contributed by atoms with Crippen LogP contribution in [0, 0.1) is 18.6 Å². The average molecular weight is 380 g/mol. The molecule has 0 saturated heterocycles. The summed E-state index contributed by atoms with van der Waals surface area (Å²) in [5.74, 6) is -2.14. The molecule has 4 nitrogen and oxygen atoms in total. The van der Waals surface area contributed by atoms with Crippen LogP contribution in [0.5, 0.6) is 0 Å². The number of aryl methyl sites for hydroxylation is 1. The van der Waals surface area contributed by atoms with Crippen LogP contribution in [0.1, 0.15) is 10.6 Å². The third kappa shape index (κ3) is 4.61. The second kappa shape index (κ2) is 6.89. The van der Waals surface area contributed by atoms with Crippen molar-refractivity contribution < 1.29 is 17.2 Å². The van der Waals surface area contributed by atoms with E-state index in [9.17, 15) is 17.2 Å². The number of sulfonamides is 1. The molecule has 0 unspecified atom stereocenters. The standard InChI is InChI=1S/C17H14F2N2O2S2/c1-11-20-17(9-24-11)13-2-4-16(5-3-13)21-25(22,23)10-12-6-14(18)8-15(19)7-12/h2-9,21H,10H2,1H3. The largest absolute Gasteiger partial charge is 0.283 e. The molecular formula is C17H14F2N2O2S2. The number of thiazole rings is 1. The van der Waals surface area contributed by atoms with Crippen molar-refractivity contribution in [3.8, 4) is 11.3 Å². The highest BCUT2D eigenvalue weighted by Crippen LogP contribution is 2.24. The van der Waals surface area contributed by atoms with Crippen molar-refractivity contribution >= 4 is 27.0 Å². The normalized spacial score (nSPS) is 11.5. The van der Waals surface area contributed by atoms with Crippen LogP contribution in [-0.2, 0) is 15.8 Å². The summed E-state index contributed by atoms with van der Waals surface area (Å²) in [6, 6.07) is 9.44. The number of nitrogens with zero attached hydrogens (tertiary/aromatic N) is 1. The topological polar surface area (TPSA) is 59.1 Å². The van der Waals surface area contributed by atoms with Crippen LogP contribution in [0.15, 0.2) is 47.8 Å². The van der Waals surface area contributed by atoms with Gasteiger partial charge in [-0.1, -0.05) is 12.1 Å². The summed E-state index contributed by atoms with van der Waals surface area (Å²) >= 11 is 1.53. The lowest BCUT2D eigenvalue weighted by atomic mass is 10.1.